The topological polar surface area (TPSA) is 66.4 Å². The highest BCUT2D eigenvalue weighted by molar-refractivity contribution is 5.96. The Morgan fingerprint density at radius 2 is 1.71 bits per heavy atom. The Balaban J connectivity index is 2.61. The van der Waals surface area contributed by atoms with Crippen molar-refractivity contribution < 1.29 is 27.9 Å². The number of hydrogen-bond acceptors (Lipinski definition) is 2. The van der Waals surface area contributed by atoms with Gasteiger partial charge >= 0.3 is 12.1 Å². The van der Waals surface area contributed by atoms with E-state index in [9.17, 15) is 22.8 Å². The molecule has 7 heteroatoms. The van der Waals surface area contributed by atoms with Gasteiger partial charge in [-0.2, -0.15) is 13.2 Å². The molecule has 1 rings (SSSR count). The minimum absolute atomic E-state index is 0.316. The van der Waals surface area contributed by atoms with E-state index in [1.54, 1.807) is 6.92 Å². The summed E-state index contributed by atoms with van der Waals surface area (Å²) in [6.07, 6.45) is -4.06. The maximum Gasteiger partial charge on any atom is 0.416 e. The summed E-state index contributed by atoms with van der Waals surface area (Å²) < 4.78 is 37.2. The predicted molar refractivity (Wildman–Crippen MR) is 69.6 cm³/mol. The smallest absolute Gasteiger partial charge is 0.416 e. The van der Waals surface area contributed by atoms with Gasteiger partial charge in [-0.1, -0.05) is 12.1 Å². The SMILES string of the molecule is CC(Cc1ccc(C(F)(F)F)cc1)NC(=O)C(C)C(=O)O. The number of carboxylic acid groups (broad SMARTS) is 1. The van der Waals surface area contributed by atoms with Crippen molar-refractivity contribution >= 4 is 11.9 Å². The first kappa shape index (κ1) is 17.0. The molecule has 0 heterocycles. The molecule has 0 saturated heterocycles. The quantitative estimate of drug-likeness (QED) is 0.821. The van der Waals surface area contributed by atoms with Gasteiger partial charge in [0.05, 0.1) is 5.56 Å². The lowest BCUT2D eigenvalue weighted by Crippen LogP contribution is -2.40. The average Bonchev–Trinajstić information content (AvgIpc) is 2.36. The number of benzene rings is 1. The lowest BCUT2D eigenvalue weighted by Gasteiger charge is -2.16. The summed E-state index contributed by atoms with van der Waals surface area (Å²) >= 11 is 0. The largest absolute Gasteiger partial charge is 0.481 e. The number of carboxylic acids is 1. The van der Waals surface area contributed by atoms with Crippen LogP contribution in [0.3, 0.4) is 0 Å². The van der Waals surface area contributed by atoms with Crippen LogP contribution < -0.4 is 5.32 Å². The summed E-state index contributed by atoms with van der Waals surface area (Å²) in [4.78, 5) is 22.2. The molecule has 1 amide bonds. The molecule has 2 N–H and O–H groups in total. The normalized spacial score (nSPS) is 14.3. The number of rotatable bonds is 5. The van der Waals surface area contributed by atoms with E-state index < -0.39 is 29.5 Å². The first-order valence-corrected chi connectivity index (χ1v) is 6.30. The molecule has 0 spiro atoms. The van der Waals surface area contributed by atoms with Crippen LogP contribution in [0.25, 0.3) is 0 Å². The highest BCUT2D eigenvalue weighted by Crippen LogP contribution is 2.29. The zero-order chi connectivity index (χ0) is 16.2. The lowest BCUT2D eigenvalue weighted by atomic mass is 10.0. The minimum Gasteiger partial charge on any atom is -0.481 e. The van der Waals surface area contributed by atoms with Crippen LogP contribution in [0.1, 0.15) is 25.0 Å². The fourth-order valence-electron chi connectivity index (χ4n) is 1.71. The monoisotopic (exact) mass is 303 g/mol. The molecule has 1 aromatic rings. The average molecular weight is 303 g/mol. The van der Waals surface area contributed by atoms with Crippen LogP contribution in [-0.4, -0.2) is 23.0 Å². The van der Waals surface area contributed by atoms with E-state index in [0.717, 1.165) is 12.1 Å². The van der Waals surface area contributed by atoms with E-state index in [2.05, 4.69) is 5.32 Å². The molecule has 1 aromatic carbocycles. The van der Waals surface area contributed by atoms with Gasteiger partial charge in [-0.25, -0.2) is 0 Å². The van der Waals surface area contributed by atoms with Crippen molar-refractivity contribution in [1.29, 1.82) is 0 Å². The summed E-state index contributed by atoms with van der Waals surface area (Å²) in [7, 11) is 0. The van der Waals surface area contributed by atoms with Crippen LogP contribution in [-0.2, 0) is 22.2 Å². The molecule has 2 unspecified atom stereocenters. The highest BCUT2D eigenvalue weighted by Gasteiger charge is 2.30. The molecule has 21 heavy (non-hydrogen) atoms. The molecule has 0 aliphatic rings. The van der Waals surface area contributed by atoms with Crippen molar-refractivity contribution in [1.82, 2.24) is 5.32 Å². The maximum absolute atomic E-state index is 12.4. The van der Waals surface area contributed by atoms with Crippen molar-refractivity contribution in [3.63, 3.8) is 0 Å². The first-order valence-electron chi connectivity index (χ1n) is 6.30. The standard InChI is InChI=1S/C14H16F3NO3/c1-8(18-12(19)9(2)13(20)21)7-10-3-5-11(6-4-10)14(15,16)17/h3-6,8-9H,7H2,1-2H3,(H,18,19)(H,20,21). The lowest BCUT2D eigenvalue weighted by molar-refractivity contribution is -0.146. The molecule has 0 aromatic heterocycles. The van der Waals surface area contributed by atoms with Gasteiger partial charge in [-0.05, 0) is 38.0 Å². The number of amides is 1. The third-order valence-electron chi connectivity index (χ3n) is 2.98. The molecule has 0 radical (unpaired) electrons. The Kier molecular flexibility index (Phi) is 5.34. The number of halogens is 3. The maximum atomic E-state index is 12.4. The summed E-state index contributed by atoms with van der Waals surface area (Å²) in [6, 6.07) is 4.25. The van der Waals surface area contributed by atoms with E-state index in [1.807, 2.05) is 0 Å². The van der Waals surface area contributed by atoms with E-state index in [-0.39, 0.29) is 6.04 Å². The molecule has 0 saturated carbocycles. The second-order valence-corrected chi connectivity index (χ2v) is 4.87. The van der Waals surface area contributed by atoms with E-state index >= 15 is 0 Å². The molecule has 0 bridgehead atoms. The van der Waals surface area contributed by atoms with E-state index in [1.165, 1.54) is 19.1 Å². The van der Waals surface area contributed by atoms with Crippen LogP contribution in [0, 0.1) is 5.92 Å². The Morgan fingerprint density at radius 3 is 2.14 bits per heavy atom. The Morgan fingerprint density at radius 1 is 1.19 bits per heavy atom. The molecule has 0 aliphatic heterocycles. The van der Waals surface area contributed by atoms with E-state index in [4.69, 9.17) is 5.11 Å². The fraction of sp³-hybridized carbons (Fsp3) is 0.429. The summed E-state index contributed by atoms with van der Waals surface area (Å²) in [5, 5.41) is 11.2. The Labute approximate surface area is 120 Å². The van der Waals surface area contributed by atoms with Crippen LogP contribution in [0.15, 0.2) is 24.3 Å². The Bertz CT molecular complexity index is 511. The second kappa shape index (κ2) is 6.60. The third kappa shape index (κ3) is 5.09. The molecule has 116 valence electrons. The number of aliphatic carboxylic acids is 1. The zero-order valence-electron chi connectivity index (χ0n) is 11.6. The van der Waals surface area contributed by atoms with Crippen molar-refractivity contribution in [2.45, 2.75) is 32.5 Å². The predicted octanol–water partition coefficient (Wildman–Crippen LogP) is 2.47. The van der Waals surface area contributed by atoms with Gasteiger partial charge < -0.3 is 10.4 Å². The summed E-state index contributed by atoms with van der Waals surface area (Å²) in [5.74, 6) is -3.02. The molecular weight excluding hydrogens is 287 g/mol. The van der Waals surface area contributed by atoms with E-state index in [0.29, 0.717) is 12.0 Å². The third-order valence-corrected chi connectivity index (χ3v) is 2.98. The number of carbonyl (C=O) groups excluding carboxylic acids is 1. The highest BCUT2D eigenvalue weighted by atomic mass is 19.4. The van der Waals surface area contributed by atoms with Gasteiger partial charge in [0.1, 0.15) is 5.92 Å². The second-order valence-electron chi connectivity index (χ2n) is 4.87. The molecule has 0 aliphatic carbocycles. The van der Waals surface area contributed by atoms with Crippen LogP contribution in [0.4, 0.5) is 13.2 Å². The number of hydrogen-bond donors (Lipinski definition) is 2. The van der Waals surface area contributed by atoms with Crippen LogP contribution in [0.5, 0.6) is 0 Å². The van der Waals surface area contributed by atoms with Gasteiger partial charge in [0, 0.05) is 6.04 Å². The number of alkyl halides is 3. The van der Waals surface area contributed by atoms with Crippen molar-refractivity contribution in [2.24, 2.45) is 5.92 Å². The zero-order valence-corrected chi connectivity index (χ0v) is 11.6. The van der Waals surface area contributed by atoms with Gasteiger partial charge in [0.25, 0.3) is 0 Å². The molecule has 0 fully saturated rings. The van der Waals surface area contributed by atoms with Gasteiger partial charge in [-0.3, -0.25) is 9.59 Å². The van der Waals surface area contributed by atoms with Gasteiger partial charge in [-0.15, -0.1) is 0 Å². The molecule has 2 atom stereocenters. The van der Waals surface area contributed by atoms with Crippen molar-refractivity contribution in [3.05, 3.63) is 35.4 Å². The van der Waals surface area contributed by atoms with Crippen molar-refractivity contribution in [2.75, 3.05) is 0 Å². The number of nitrogens with one attached hydrogen (secondary N) is 1. The van der Waals surface area contributed by atoms with Crippen LogP contribution >= 0.6 is 0 Å². The molecular formula is C14H16F3NO3. The van der Waals surface area contributed by atoms with Gasteiger partial charge in [0.15, 0.2) is 0 Å². The summed E-state index contributed by atoms with van der Waals surface area (Å²) in [6.45, 7) is 2.92. The van der Waals surface area contributed by atoms with Crippen LogP contribution in [0.2, 0.25) is 0 Å². The molecule has 4 nitrogen and oxygen atoms in total. The van der Waals surface area contributed by atoms with Crippen molar-refractivity contribution in [3.8, 4) is 0 Å². The van der Waals surface area contributed by atoms with Gasteiger partial charge in [0.2, 0.25) is 5.91 Å². The fourth-order valence-corrected chi connectivity index (χ4v) is 1.71. The minimum atomic E-state index is -4.38. The first-order chi connectivity index (χ1) is 9.61. The number of carbonyl (C=O) groups is 2. The Hall–Kier alpha value is -2.05. The summed E-state index contributed by atoms with van der Waals surface area (Å²) in [5.41, 5.74) is -0.110.